The number of carbonyl (C=O) groups is 3. The lowest BCUT2D eigenvalue weighted by molar-refractivity contribution is -0.145. The van der Waals surface area contributed by atoms with Gasteiger partial charge in [0.05, 0.1) is 18.1 Å². The number of hydrogen-bond acceptors (Lipinski definition) is 5. The molecule has 2 aromatic rings. The molecule has 202 valence electrons. The first-order valence-corrected chi connectivity index (χ1v) is 13.6. The zero-order chi connectivity index (χ0) is 27.2. The molecule has 0 unspecified atom stereocenters. The van der Waals surface area contributed by atoms with Crippen LogP contribution in [0.5, 0.6) is 5.75 Å². The molecule has 0 saturated carbocycles. The number of benzene rings is 2. The smallest absolute Gasteiger partial charge is 0.246 e. The Hall–Kier alpha value is -3.39. The summed E-state index contributed by atoms with van der Waals surface area (Å²) in [5.41, 5.74) is 3.63. The quantitative estimate of drug-likeness (QED) is 0.487. The van der Waals surface area contributed by atoms with Crippen molar-refractivity contribution >= 4 is 17.7 Å². The first kappa shape index (κ1) is 26.2. The van der Waals surface area contributed by atoms with Crippen LogP contribution >= 0.6 is 0 Å². The van der Waals surface area contributed by atoms with Crippen molar-refractivity contribution in [3.8, 4) is 5.75 Å². The molecule has 2 aromatic carbocycles. The SMILES string of the molecule is CN[C@@H](C)C(=O)N[C@H]1Cc2cc(O)ccc2[C@H]2CC(C)(C)[C@H](C(=O)N[C@@H]3CCCc4ccccc43)N2C1=O. The average molecular weight is 519 g/mol. The van der Waals surface area contributed by atoms with Gasteiger partial charge in [-0.25, -0.2) is 0 Å². The summed E-state index contributed by atoms with van der Waals surface area (Å²) in [5.74, 6) is -0.606. The monoisotopic (exact) mass is 518 g/mol. The van der Waals surface area contributed by atoms with Crippen molar-refractivity contribution < 1.29 is 19.5 Å². The van der Waals surface area contributed by atoms with E-state index in [1.54, 1.807) is 31.0 Å². The zero-order valence-corrected chi connectivity index (χ0v) is 22.6. The third-order valence-electron chi connectivity index (χ3n) is 8.61. The van der Waals surface area contributed by atoms with Gasteiger partial charge in [0.2, 0.25) is 17.7 Å². The Morgan fingerprint density at radius 3 is 2.58 bits per heavy atom. The minimum atomic E-state index is -0.844. The molecule has 0 spiro atoms. The van der Waals surface area contributed by atoms with E-state index in [-0.39, 0.29) is 42.0 Å². The first-order valence-electron chi connectivity index (χ1n) is 13.6. The summed E-state index contributed by atoms with van der Waals surface area (Å²) in [6.45, 7) is 5.80. The lowest BCUT2D eigenvalue weighted by atomic mass is 9.81. The first-order chi connectivity index (χ1) is 18.1. The topological polar surface area (TPSA) is 111 Å². The summed E-state index contributed by atoms with van der Waals surface area (Å²) >= 11 is 0. The molecule has 0 bridgehead atoms. The zero-order valence-electron chi connectivity index (χ0n) is 22.6. The van der Waals surface area contributed by atoms with Crippen LogP contribution in [0.2, 0.25) is 0 Å². The Labute approximate surface area is 224 Å². The van der Waals surface area contributed by atoms with Crippen LogP contribution in [0.3, 0.4) is 0 Å². The van der Waals surface area contributed by atoms with Crippen LogP contribution in [0, 0.1) is 5.41 Å². The molecule has 8 heteroatoms. The van der Waals surface area contributed by atoms with Gasteiger partial charge in [0.1, 0.15) is 17.8 Å². The predicted octanol–water partition coefficient (Wildman–Crippen LogP) is 2.90. The number of phenolic OH excluding ortho intramolecular Hbond substituents is 1. The maximum atomic E-state index is 14.2. The van der Waals surface area contributed by atoms with E-state index >= 15 is 0 Å². The molecule has 2 heterocycles. The Balaban J connectivity index is 1.51. The fraction of sp³-hybridized carbons (Fsp3) is 0.500. The number of phenols is 1. The van der Waals surface area contributed by atoms with Crippen molar-refractivity contribution in [3.63, 3.8) is 0 Å². The fourth-order valence-corrected chi connectivity index (χ4v) is 6.56. The molecule has 3 aliphatic rings. The van der Waals surface area contributed by atoms with Gasteiger partial charge in [0, 0.05) is 6.42 Å². The fourth-order valence-electron chi connectivity index (χ4n) is 6.56. The molecule has 5 atom stereocenters. The third kappa shape index (κ3) is 4.66. The molecule has 8 nitrogen and oxygen atoms in total. The lowest BCUT2D eigenvalue weighted by Gasteiger charge is -2.36. The summed E-state index contributed by atoms with van der Waals surface area (Å²) in [4.78, 5) is 42.8. The third-order valence-corrected chi connectivity index (χ3v) is 8.61. The van der Waals surface area contributed by atoms with E-state index in [0.717, 1.165) is 36.0 Å². The summed E-state index contributed by atoms with van der Waals surface area (Å²) in [7, 11) is 1.69. The minimum Gasteiger partial charge on any atom is -0.508 e. The number of likely N-dealkylation sites (N-methyl/N-ethyl adjacent to an activating group) is 1. The number of aryl methyl sites for hydroxylation is 1. The van der Waals surface area contributed by atoms with E-state index < -0.39 is 23.5 Å². The molecule has 2 aliphatic heterocycles. The van der Waals surface area contributed by atoms with Gasteiger partial charge < -0.3 is 26.0 Å². The maximum Gasteiger partial charge on any atom is 0.246 e. The molecular formula is C30H38N4O4. The van der Waals surface area contributed by atoms with Crippen LogP contribution < -0.4 is 16.0 Å². The van der Waals surface area contributed by atoms with E-state index in [2.05, 4.69) is 28.1 Å². The summed E-state index contributed by atoms with van der Waals surface area (Å²) in [6.07, 6.45) is 3.71. The van der Waals surface area contributed by atoms with Crippen LogP contribution in [-0.2, 0) is 27.2 Å². The second kappa shape index (κ2) is 10.1. The Bertz CT molecular complexity index is 1260. The molecular weight excluding hydrogens is 480 g/mol. The van der Waals surface area contributed by atoms with Crippen molar-refractivity contribution in [2.24, 2.45) is 5.41 Å². The van der Waals surface area contributed by atoms with Crippen LogP contribution in [0.1, 0.15) is 74.4 Å². The highest BCUT2D eigenvalue weighted by molar-refractivity contribution is 5.95. The summed E-state index contributed by atoms with van der Waals surface area (Å²) < 4.78 is 0. The van der Waals surface area contributed by atoms with Crippen molar-refractivity contribution in [2.75, 3.05) is 7.05 Å². The Morgan fingerprint density at radius 1 is 1.05 bits per heavy atom. The highest BCUT2D eigenvalue weighted by Crippen LogP contribution is 2.50. The predicted molar refractivity (Wildman–Crippen MR) is 144 cm³/mol. The van der Waals surface area contributed by atoms with E-state index in [4.69, 9.17) is 0 Å². The van der Waals surface area contributed by atoms with Gasteiger partial charge in [0.25, 0.3) is 0 Å². The largest absolute Gasteiger partial charge is 0.508 e. The average Bonchev–Trinajstić information content (AvgIpc) is 3.13. The molecule has 1 fully saturated rings. The van der Waals surface area contributed by atoms with Gasteiger partial charge >= 0.3 is 0 Å². The molecule has 0 aromatic heterocycles. The van der Waals surface area contributed by atoms with Crippen molar-refractivity contribution in [2.45, 2.75) is 83.1 Å². The summed E-state index contributed by atoms with van der Waals surface area (Å²) in [6, 6.07) is 10.9. The number of amides is 3. The van der Waals surface area contributed by atoms with Crippen LogP contribution in [0.25, 0.3) is 0 Å². The number of aromatic hydroxyl groups is 1. The number of nitrogens with zero attached hydrogens (tertiary/aromatic N) is 1. The normalized spacial score (nSPS) is 26.4. The standard InChI is InChI=1S/C30H38N4O4/c1-17(31-4)27(36)33-24-15-19-14-20(35)12-13-22(19)25-16-30(2,3)26(34(25)29(24)38)28(37)32-23-11-7-9-18-8-5-6-10-21(18)23/h5-6,8,10,12-14,17,23-26,31,35H,7,9,11,15-16H2,1-4H3,(H,32,37)(H,33,36)/t17-,23+,24-,25+,26-/m0/s1. The second-order valence-electron chi connectivity index (χ2n) is 11.7. The highest BCUT2D eigenvalue weighted by Gasteiger charge is 2.55. The molecule has 1 aliphatic carbocycles. The minimum absolute atomic E-state index is 0.0967. The van der Waals surface area contributed by atoms with E-state index in [1.165, 1.54) is 5.56 Å². The molecule has 0 radical (unpaired) electrons. The number of rotatable bonds is 5. The van der Waals surface area contributed by atoms with E-state index in [1.807, 2.05) is 32.0 Å². The van der Waals surface area contributed by atoms with Crippen LogP contribution in [0.4, 0.5) is 0 Å². The number of nitrogens with one attached hydrogen (secondary N) is 3. The van der Waals surface area contributed by atoms with Gasteiger partial charge in [0.15, 0.2) is 0 Å². The van der Waals surface area contributed by atoms with Gasteiger partial charge in [-0.05, 0) is 79.5 Å². The maximum absolute atomic E-state index is 14.2. The van der Waals surface area contributed by atoms with Gasteiger partial charge in [-0.1, -0.05) is 44.2 Å². The number of fused-ring (bicyclic) bond motifs is 4. The molecule has 5 rings (SSSR count). The van der Waals surface area contributed by atoms with E-state index in [0.29, 0.717) is 6.42 Å². The second-order valence-corrected chi connectivity index (χ2v) is 11.7. The lowest BCUT2D eigenvalue weighted by Crippen LogP contribution is -2.57. The van der Waals surface area contributed by atoms with Gasteiger partial charge in [-0.15, -0.1) is 0 Å². The van der Waals surface area contributed by atoms with Crippen molar-refractivity contribution in [3.05, 3.63) is 64.7 Å². The number of carbonyl (C=O) groups excluding carboxylic acids is 3. The van der Waals surface area contributed by atoms with E-state index in [9.17, 15) is 19.5 Å². The Morgan fingerprint density at radius 2 is 1.82 bits per heavy atom. The molecule has 38 heavy (non-hydrogen) atoms. The van der Waals surface area contributed by atoms with Gasteiger partial charge in [-0.3, -0.25) is 14.4 Å². The molecule has 3 amide bonds. The van der Waals surface area contributed by atoms with Crippen LogP contribution in [-0.4, -0.2) is 52.9 Å². The summed E-state index contributed by atoms with van der Waals surface area (Å²) in [5, 5.41) is 19.3. The van der Waals surface area contributed by atoms with Gasteiger partial charge in [-0.2, -0.15) is 0 Å². The van der Waals surface area contributed by atoms with Crippen molar-refractivity contribution in [1.82, 2.24) is 20.9 Å². The molecule has 1 saturated heterocycles. The molecule has 4 N–H and O–H groups in total. The number of hydrogen-bond donors (Lipinski definition) is 4. The van der Waals surface area contributed by atoms with Crippen LogP contribution in [0.15, 0.2) is 42.5 Å². The Kier molecular flexibility index (Phi) is 6.94. The van der Waals surface area contributed by atoms with Crippen molar-refractivity contribution in [1.29, 1.82) is 0 Å². The highest BCUT2D eigenvalue weighted by atomic mass is 16.3.